The lowest BCUT2D eigenvalue weighted by Gasteiger charge is -2.21. The molecule has 2 saturated heterocycles. The van der Waals surface area contributed by atoms with Gasteiger partial charge in [0.25, 0.3) is 5.89 Å². The minimum Gasteiger partial charge on any atom is -0.365 e. The maximum Gasteiger partial charge on any atom is 0.258 e. The van der Waals surface area contributed by atoms with E-state index in [0.29, 0.717) is 11.8 Å². The molecule has 0 amide bonds. The SMILES string of the molecule is CC1(c2nc(CC3CCCNC3)no2)CCCO1. The van der Waals surface area contributed by atoms with Crippen LogP contribution in [0.1, 0.15) is 44.3 Å². The summed E-state index contributed by atoms with van der Waals surface area (Å²) in [6.07, 6.45) is 5.45. The van der Waals surface area contributed by atoms with Crippen molar-refractivity contribution in [3.63, 3.8) is 0 Å². The summed E-state index contributed by atoms with van der Waals surface area (Å²) in [5, 5.41) is 7.52. The van der Waals surface area contributed by atoms with Crippen molar-refractivity contribution in [1.82, 2.24) is 15.5 Å². The van der Waals surface area contributed by atoms with E-state index in [9.17, 15) is 0 Å². The maximum atomic E-state index is 5.72. The zero-order chi connectivity index (χ0) is 12.4. The van der Waals surface area contributed by atoms with Gasteiger partial charge >= 0.3 is 0 Å². The lowest BCUT2D eigenvalue weighted by molar-refractivity contribution is -0.00937. The van der Waals surface area contributed by atoms with Gasteiger partial charge in [-0.15, -0.1) is 0 Å². The molecule has 3 heterocycles. The van der Waals surface area contributed by atoms with E-state index in [1.54, 1.807) is 0 Å². The Labute approximate surface area is 107 Å². The van der Waals surface area contributed by atoms with Crippen LogP contribution < -0.4 is 5.32 Å². The molecule has 1 aromatic rings. The predicted octanol–water partition coefficient (Wildman–Crippen LogP) is 1.64. The number of nitrogens with one attached hydrogen (secondary N) is 1. The quantitative estimate of drug-likeness (QED) is 0.885. The Kier molecular flexibility index (Phi) is 3.35. The van der Waals surface area contributed by atoms with Gasteiger partial charge in [0.15, 0.2) is 5.82 Å². The van der Waals surface area contributed by atoms with Crippen molar-refractivity contribution in [3.05, 3.63) is 11.7 Å². The third-order valence-corrected chi connectivity index (χ3v) is 4.01. The van der Waals surface area contributed by atoms with E-state index < -0.39 is 0 Å². The molecule has 0 spiro atoms. The van der Waals surface area contributed by atoms with Crippen LogP contribution in [0.15, 0.2) is 4.52 Å². The van der Waals surface area contributed by atoms with Gasteiger partial charge in [-0.05, 0) is 51.6 Å². The van der Waals surface area contributed by atoms with Gasteiger partial charge in [-0.25, -0.2) is 0 Å². The summed E-state index contributed by atoms with van der Waals surface area (Å²) < 4.78 is 11.1. The molecule has 2 aliphatic rings. The summed E-state index contributed by atoms with van der Waals surface area (Å²) in [4.78, 5) is 4.53. The van der Waals surface area contributed by atoms with Gasteiger partial charge in [0.2, 0.25) is 0 Å². The van der Waals surface area contributed by atoms with E-state index in [1.165, 1.54) is 12.8 Å². The highest BCUT2D eigenvalue weighted by Crippen LogP contribution is 2.34. The first-order chi connectivity index (χ1) is 8.76. The minimum absolute atomic E-state index is 0.351. The number of ether oxygens (including phenoxy) is 1. The highest BCUT2D eigenvalue weighted by atomic mass is 16.5. The second-order valence-corrected chi connectivity index (χ2v) is 5.62. The Bertz CT molecular complexity index is 393. The average Bonchev–Trinajstić information content (AvgIpc) is 3.01. The van der Waals surface area contributed by atoms with E-state index in [2.05, 4.69) is 15.5 Å². The summed E-state index contributed by atoms with van der Waals surface area (Å²) in [6, 6.07) is 0. The molecule has 2 fully saturated rings. The van der Waals surface area contributed by atoms with Crippen molar-refractivity contribution in [1.29, 1.82) is 0 Å². The molecule has 0 bridgehead atoms. The van der Waals surface area contributed by atoms with E-state index in [0.717, 1.165) is 44.8 Å². The fraction of sp³-hybridized carbons (Fsp3) is 0.846. The van der Waals surface area contributed by atoms with Crippen LogP contribution >= 0.6 is 0 Å². The number of piperidine rings is 1. The molecule has 1 N–H and O–H groups in total. The van der Waals surface area contributed by atoms with Crippen LogP contribution in [-0.2, 0) is 16.8 Å². The number of rotatable bonds is 3. The lowest BCUT2D eigenvalue weighted by atomic mass is 9.96. The Morgan fingerprint density at radius 3 is 3.11 bits per heavy atom. The highest BCUT2D eigenvalue weighted by molar-refractivity contribution is 5.00. The number of hydrogen-bond donors (Lipinski definition) is 1. The van der Waals surface area contributed by atoms with Crippen molar-refractivity contribution in [2.24, 2.45) is 5.92 Å². The summed E-state index contributed by atoms with van der Waals surface area (Å²) >= 11 is 0. The topological polar surface area (TPSA) is 60.2 Å². The molecule has 0 aliphatic carbocycles. The van der Waals surface area contributed by atoms with Crippen molar-refractivity contribution in [2.75, 3.05) is 19.7 Å². The van der Waals surface area contributed by atoms with Gasteiger partial charge < -0.3 is 14.6 Å². The summed E-state index contributed by atoms with van der Waals surface area (Å²) in [7, 11) is 0. The van der Waals surface area contributed by atoms with Crippen molar-refractivity contribution >= 4 is 0 Å². The fourth-order valence-electron chi connectivity index (χ4n) is 2.86. The molecule has 0 radical (unpaired) electrons. The van der Waals surface area contributed by atoms with Gasteiger partial charge in [-0.3, -0.25) is 0 Å². The van der Waals surface area contributed by atoms with Gasteiger partial charge in [0, 0.05) is 13.0 Å². The Morgan fingerprint density at radius 1 is 1.44 bits per heavy atom. The molecule has 1 aromatic heterocycles. The second kappa shape index (κ2) is 4.97. The molecule has 18 heavy (non-hydrogen) atoms. The van der Waals surface area contributed by atoms with Crippen LogP contribution in [0, 0.1) is 5.92 Å². The average molecular weight is 251 g/mol. The zero-order valence-electron chi connectivity index (χ0n) is 10.9. The Balaban J connectivity index is 1.65. The van der Waals surface area contributed by atoms with Crippen LogP contribution in [-0.4, -0.2) is 29.8 Å². The molecule has 100 valence electrons. The monoisotopic (exact) mass is 251 g/mol. The molecule has 5 nitrogen and oxygen atoms in total. The molecular formula is C13H21N3O2. The first-order valence-electron chi connectivity index (χ1n) is 6.94. The van der Waals surface area contributed by atoms with Crippen molar-refractivity contribution in [3.8, 4) is 0 Å². The van der Waals surface area contributed by atoms with Crippen LogP contribution in [0.4, 0.5) is 0 Å². The number of nitrogens with zero attached hydrogens (tertiary/aromatic N) is 2. The largest absolute Gasteiger partial charge is 0.365 e. The van der Waals surface area contributed by atoms with Crippen LogP contribution in [0.3, 0.4) is 0 Å². The van der Waals surface area contributed by atoms with Crippen molar-refractivity contribution < 1.29 is 9.26 Å². The third-order valence-electron chi connectivity index (χ3n) is 4.01. The minimum atomic E-state index is -0.351. The van der Waals surface area contributed by atoms with Crippen LogP contribution in [0.2, 0.25) is 0 Å². The smallest absolute Gasteiger partial charge is 0.258 e. The highest BCUT2D eigenvalue weighted by Gasteiger charge is 2.37. The first kappa shape index (κ1) is 12.1. The number of hydrogen-bond acceptors (Lipinski definition) is 5. The van der Waals surface area contributed by atoms with Gasteiger partial charge in [0.05, 0.1) is 0 Å². The molecular weight excluding hydrogens is 230 g/mol. The Morgan fingerprint density at radius 2 is 2.39 bits per heavy atom. The second-order valence-electron chi connectivity index (χ2n) is 5.62. The molecule has 0 aromatic carbocycles. The van der Waals surface area contributed by atoms with Crippen LogP contribution in [0.25, 0.3) is 0 Å². The van der Waals surface area contributed by atoms with E-state index in [1.807, 2.05) is 6.92 Å². The number of aromatic nitrogens is 2. The van der Waals surface area contributed by atoms with Gasteiger partial charge in [-0.1, -0.05) is 5.16 Å². The molecule has 2 atom stereocenters. The zero-order valence-corrected chi connectivity index (χ0v) is 10.9. The summed E-state index contributed by atoms with van der Waals surface area (Å²) in [5.41, 5.74) is -0.351. The summed E-state index contributed by atoms with van der Waals surface area (Å²) in [5.74, 6) is 2.12. The normalized spacial score (nSPS) is 32.8. The Hall–Kier alpha value is -0.940. The van der Waals surface area contributed by atoms with Gasteiger partial charge in [-0.2, -0.15) is 4.98 Å². The van der Waals surface area contributed by atoms with E-state index in [4.69, 9.17) is 9.26 Å². The molecule has 3 rings (SSSR count). The van der Waals surface area contributed by atoms with E-state index in [-0.39, 0.29) is 5.60 Å². The maximum absolute atomic E-state index is 5.72. The molecule has 2 unspecified atom stereocenters. The standard InChI is InChI=1S/C13H21N3O2/c1-13(5-3-7-17-13)12-15-11(16-18-12)8-10-4-2-6-14-9-10/h10,14H,2-9H2,1H3. The molecule has 0 saturated carbocycles. The third kappa shape index (κ3) is 2.42. The fourth-order valence-corrected chi connectivity index (χ4v) is 2.86. The van der Waals surface area contributed by atoms with E-state index >= 15 is 0 Å². The first-order valence-corrected chi connectivity index (χ1v) is 6.94. The predicted molar refractivity (Wildman–Crippen MR) is 66.1 cm³/mol. The molecule has 2 aliphatic heterocycles. The molecule has 5 heteroatoms. The van der Waals surface area contributed by atoms with Crippen LogP contribution in [0.5, 0.6) is 0 Å². The summed E-state index contributed by atoms with van der Waals surface area (Å²) in [6.45, 7) is 5.04. The van der Waals surface area contributed by atoms with Crippen molar-refractivity contribution in [2.45, 2.75) is 44.6 Å². The lowest BCUT2D eigenvalue weighted by Crippen LogP contribution is -2.31. The van der Waals surface area contributed by atoms with Gasteiger partial charge in [0.1, 0.15) is 5.60 Å².